The van der Waals surface area contributed by atoms with Crippen molar-refractivity contribution in [2.24, 2.45) is 0 Å². The Bertz CT molecular complexity index is 641. The lowest BCUT2D eigenvalue weighted by atomic mass is 10.0. The molecule has 1 heterocycles. The van der Waals surface area contributed by atoms with Crippen molar-refractivity contribution in [3.05, 3.63) is 70.2 Å². The molecule has 3 rings (SSSR count). The number of rotatable bonds is 3. The molecular weight excluding hydrogens is 338 g/mol. The molecule has 2 nitrogen and oxygen atoms in total. The fourth-order valence-corrected chi connectivity index (χ4v) is 3.67. The molecule has 116 valence electrons. The molecule has 1 aliphatic rings. The lowest BCUT2D eigenvalue weighted by Crippen LogP contribution is -2.42. The average Bonchev–Trinajstić information content (AvgIpc) is 2.74. The number of ether oxygens (including phenoxy) is 1. The summed E-state index contributed by atoms with van der Waals surface area (Å²) in [5.74, 6) is 0. The van der Waals surface area contributed by atoms with Crippen LogP contribution in [-0.2, 0) is 11.3 Å². The van der Waals surface area contributed by atoms with Crippen LogP contribution in [-0.4, -0.2) is 16.7 Å². The minimum Gasteiger partial charge on any atom is -0.351 e. The Labute approximate surface area is 141 Å². The number of nitrogens with zero attached hydrogens (tertiary/aromatic N) is 1. The maximum atomic E-state index is 6.38. The smallest absolute Gasteiger partial charge is 0.117 e. The van der Waals surface area contributed by atoms with Crippen LogP contribution in [0.2, 0.25) is 0 Å². The number of hydrogen-bond acceptors (Lipinski definition) is 2. The lowest BCUT2D eigenvalue weighted by molar-refractivity contribution is -0.0798. The molecule has 1 fully saturated rings. The first-order valence-corrected chi connectivity index (χ1v) is 8.51. The Morgan fingerprint density at radius 2 is 1.68 bits per heavy atom. The third-order valence-electron chi connectivity index (χ3n) is 4.46. The lowest BCUT2D eigenvalue weighted by Gasteiger charge is -2.32. The fourth-order valence-electron chi connectivity index (χ4n) is 3.26. The van der Waals surface area contributed by atoms with E-state index in [1.807, 2.05) is 6.07 Å². The summed E-state index contributed by atoms with van der Waals surface area (Å²) in [5, 5.41) is 0. The SMILES string of the molecule is C[C@H]1[C@@H](c2ccccc2)OC(C)(C)N1Cc1ccccc1Br. The minimum absolute atomic E-state index is 0.110. The second kappa shape index (κ2) is 6.15. The van der Waals surface area contributed by atoms with Crippen molar-refractivity contribution >= 4 is 15.9 Å². The molecule has 0 saturated carbocycles. The van der Waals surface area contributed by atoms with Crippen LogP contribution in [0.5, 0.6) is 0 Å². The zero-order chi connectivity index (χ0) is 15.7. The van der Waals surface area contributed by atoms with E-state index in [1.165, 1.54) is 11.1 Å². The summed E-state index contributed by atoms with van der Waals surface area (Å²) >= 11 is 3.65. The van der Waals surface area contributed by atoms with Crippen LogP contribution in [0.15, 0.2) is 59.1 Å². The van der Waals surface area contributed by atoms with Gasteiger partial charge in [-0.05, 0) is 38.0 Å². The van der Waals surface area contributed by atoms with Gasteiger partial charge in [0.05, 0.1) is 0 Å². The second-order valence-electron chi connectivity index (χ2n) is 6.36. The quantitative estimate of drug-likeness (QED) is 0.751. The molecule has 0 spiro atoms. The molecule has 0 unspecified atom stereocenters. The molecule has 3 heteroatoms. The van der Waals surface area contributed by atoms with Gasteiger partial charge < -0.3 is 4.74 Å². The Kier molecular flexibility index (Phi) is 4.40. The van der Waals surface area contributed by atoms with E-state index < -0.39 is 0 Å². The monoisotopic (exact) mass is 359 g/mol. The molecule has 0 radical (unpaired) electrons. The van der Waals surface area contributed by atoms with Crippen LogP contribution >= 0.6 is 15.9 Å². The summed E-state index contributed by atoms with van der Waals surface area (Å²) in [7, 11) is 0. The standard InChI is InChI=1S/C19H22BrNO/c1-14-18(15-9-5-4-6-10-15)22-19(2,3)21(14)13-16-11-7-8-12-17(16)20/h4-12,14,18H,13H2,1-3H3/t14-,18-/m0/s1. The van der Waals surface area contributed by atoms with E-state index in [0.29, 0.717) is 6.04 Å². The van der Waals surface area contributed by atoms with Gasteiger partial charge in [0.15, 0.2) is 0 Å². The first-order chi connectivity index (χ1) is 10.5. The molecule has 0 aromatic heterocycles. The van der Waals surface area contributed by atoms with Crippen LogP contribution in [0.4, 0.5) is 0 Å². The predicted octanol–water partition coefficient (Wildman–Crippen LogP) is 5.15. The highest BCUT2D eigenvalue weighted by Gasteiger charge is 2.45. The first kappa shape index (κ1) is 15.7. The molecule has 2 aromatic rings. The summed E-state index contributed by atoms with van der Waals surface area (Å²) in [6.45, 7) is 7.44. The molecule has 0 aliphatic carbocycles. The number of benzene rings is 2. The van der Waals surface area contributed by atoms with Gasteiger partial charge in [0.25, 0.3) is 0 Å². The van der Waals surface area contributed by atoms with Crippen molar-refractivity contribution in [1.29, 1.82) is 0 Å². The van der Waals surface area contributed by atoms with Crippen LogP contribution < -0.4 is 0 Å². The zero-order valence-electron chi connectivity index (χ0n) is 13.3. The number of hydrogen-bond donors (Lipinski definition) is 0. The van der Waals surface area contributed by atoms with Gasteiger partial charge in [-0.1, -0.05) is 64.5 Å². The molecule has 0 amide bonds. The van der Waals surface area contributed by atoms with Crippen molar-refractivity contribution in [2.75, 3.05) is 0 Å². The molecule has 2 aromatic carbocycles. The summed E-state index contributed by atoms with van der Waals surface area (Å²) in [6.07, 6.45) is 0.110. The summed E-state index contributed by atoms with van der Waals surface area (Å²) in [4.78, 5) is 2.44. The average molecular weight is 360 g/mol. The van der Waals surface area contributed by atoms with E-state index in [4.69, 9.17) is 4.74 Å². The van der Waals surface area contributed by atoms with Crippen LogP contribution in [0.25, 0.3) is 0 Å². The molecule has 1 aliphatic heterocycles. The summed E-state index contributed by atoms with van der Waals surface area (Å²) < 4.78 is 7.54. The highest BCUT2D eigenvalue weighted by molar-refractivity contribution is 9.10. The van der Waals surface area contributed by atoms with Gasteiger partial charge in [-0.25, -0.2) is 0 Å². The van der Waals surface area contributed by atoms with Crippen molar-refractivity contribution in [1.82, 2.24) is 4.90 Å². The number of halogens is 1. The molecular formula is C19H22BrNO. The van der Waals surface area contributed by atoms with Gasteiger partial charge in [0, 0.05) is 17.1 Å². The molecule has 0 N–H and O–H groups in total. The Morgan fingerprint density at radius 3 is 2.36 bits per heavy atom. The topological polar surface area (TPSA) is 12.5 Å². The van der Waals surface area contributed by atoms with Crippen LogP contribution in [0.3, 0.4) is 0 Å². The molecule has 22 heavy (non-hydrogen) atoms. The van der Waals surface area contributed by atoms with Crippen molar-refractivity contribution < 1.29 is 4.74 Å². The van der Waals surface area contributed by atoms with Crippen LogP contribution in [0.1, 0.15) is 38.0 Å². The largest absolute Gasteiger partial charge is 0.351 e. The van der Waals surface area contributed by atoms with Crippen molar-refractivity contribution in [2.45, 2.75) is 45.2 Å². The minimum atomic E-state index is -0.283. The first-order valence-electron chi connectivity index (χ1n) is 7.72. The zero-order valence-corrected chi connectivity index (χ0v) is 14.9. The Balaban J connectivity index is 1.87. The fraction of sp³-hybridized carbons (Fsp3) is 0.368. The van der Waals surface area contributed by atoms with Gasteiger partial charge in [0.1, 0.15) is 11.8 Å². The maximum Gasteiger partial charge on any atom is 0.117 e. The van der Waals surface area contributed by atoms with Gasteiger partial charge in [-0.15, -0.1) is 0 Å². The van der Waals surface area contributed by atoms with E-state index in [9.17, 15) is 0 Å². The van der Waals surface area contributed by atoms with Crippen molar-refractivity contribution in [3.63, 3.8) is 0 Å². The highest BCUT2D eigenvalue weighted by atomic mass is 79.9. The van der Waals surface area contributed by atoms with E-state index >= 15 is 0 Å². The third-order valence-corrected chi connectivity index (χ3v) is 5.24. The molecule has 2 atom stereocenters. The molecule has 0 bridgehead atoms. The van der Waals surface area contributed by atoms with Crippen LogP contribution in [0, 0.1) is 0 Å². The summed E-state index contributed by atoms with van der Waals surface area (Å²) in [6, 6.07) is 19.2. The van der Waals surface area contributed by atoms with Gasteiger partial charge in [-0.3, -0.25) is 4.90 Å². The van der Waals surface area contributed by atoms with Crippen molar-refractivity contribution in [3.8, 4) is 0 Å². The maximum absolute atomic E-state index is 6.38. The van der Waals surface area contributed by atoms with E-state index in [-0.39, 0.29) is 11.8 Å². The third kappa shape index (κ3) is 2.98. The Morgan fingerprint density at radius 1 is 1.05 bits per heavy atom. The van der Waals surface area contributed by atoms with E-state index in [0.717, 1.165) is 11.0 Å². The van der Waals surface area contributed by atoms with E-state index in [2.05, 4.69) is 90.1 Å². The summed E-state index contributed by atoms with van der Waals surface area (Å²) in [5.41, 5.74) is 2.26. The van der Waals surface area contributed by atoms with E-state index in [1.54, 1.807) is 0 Å². The Hall–Kier alpha value is -1.16. The highest BCUT2D eigenvalue weighted by Crippen LogP contribution is 2.41. The second-order valence-corrected chi connectivity index (χ2v) is 7.21. The van der Waals surface area contributed by atoms with Gasteiger partial charge in [-0.2, -0.15) is 0 Å². The normalized spacial score (nSPS) is 24.5. The molecule has 1 saturated heterocycles. The predicted molar refractivity (Wildman–Crippen MR) is 93.5 cm³/mol. The van der Waals surface area contributed by atoms with Gasteiger partial charge >= 0.3 is 0 Å². The van der Waals surface area contributed by atoms with Gasteiger partial charge in [0.2, 0.25) is 0 Å².